The van der Waals surface area contributed by atoms with E-state index in [0.29, 0.717) is 17.9 Å². The average molecular weight is 263 g/mol. The third kappa shape index (κ3) is 2.34. The van der Waals surface area contributed by atoms with Crippen LogP contribution in [-0.2, 0) is 6.54 Å². The van der Waals surface area contributed by atoms with Crippen molar-refractivity contribution in [2.24, 2.45) is 0 Å². The van der Waals surface area contributed by atoms with Crippen LogP contribution in [0.4, 0.5) is 0 Å². The van der Waals surface area contributed by atoms with Crippen LogP contribution in [0.5, 0.6) is 0 Å². The van der Waals surface area contributed by atoms with Crippen LogP contribution in [0.15, 0.2) is 15.9 Å². The summed E-state index contributed by atoms with van der Waals surface area (Å²) in [5, 5.41) is 4.99. The molecule has 2 rings (SSSR count). The molecule has 0 spiro atoms. The Balaban J connectivity index is 2.11. The number of hydrogen-bond donors (Lipinski definition) is 1. The molecule has 0 atom stereocenters. The molecule has 1 amide bonds. The number of amides is 1. The van der Waals surface area contributed by atoms with Gasteiger partial charge >= 0.3 is 0 Å². The molecule has 1 N–H and O–H groups in total. The van der Waals surface area contributed by atoms with Gasteiger partial charge in [-0.25, -0.2) is 0 Å². The van der Waals surface area contributed by atoms with Gasteiger partial charge in [0.1, 0.15) is 11.5 Å². The zero-order valence-electron chi connectivity index (χ0n) is 11.1. The highest BCUT2D eigenvalue weighted by atomic mass is 32.1. The summed E-state index contributed by atoms with van der Waals surface area (Å²) < 4.78 is 5.47. The summed E-state index contributed by atoms with van der Waals surface area (Å²) in [5.41, 5.74) is 2.81. The average Bonchev–Trinajstić information content (AvgIpc) is 2.81. The van der Waals surface area contributed by atoms with E-state index in [4.69, 9.17) is 4.42 Å². The Kier molecular flexibility index (Phi) is 3.57. The number of carbonyl (C=O) groups is 1. The first kappa shape index (κ1) is 12.9. The smallest absolute Gasteiger partial charge is 0.255 e. The normalized spacial score (nSPS) is 10.7. The summed E-state index contributed by atoms with van der Waals surface area (Å²) in [6.07, 6.45) is 0. The second kappa shape index (κ2) is 4.98. The van der Waals surface area contributed by atoms with Crippen LogP contribution < -0.4 is 5.32 Å². The Bertz CT molecular complexity index is 581. The van der Waals surface area contributed by atoms with Crippen LogP contribution in [0.1, 0.15) is 37.9 Å². The minimum atomic E-state index is -0.0605. The summed E-state index contributed by atoms with van der Waals surface area (Å²) in [5.74, 6) is 1.44. The molecule has 0 aromatic carbocycles. The Hall–Kier alpha value is -1.55. The topological polar surface area (TPSA) is 42.2 Å². The maximum Gasteiger partial charge on any atom is 0.255 e. The van der Waals surface area contributed by atoms with Gasteiger partial charge in [0.25, 0.3) is 5.91 Å². The van der Waals surface area contributed by atoms with E-state index in [1.54, 1.807) is 11.3 Å². The number of rotatable bonds is 3. The van der Waals surface area contributed by atoms with Gasteiger partial charge in [-0.1, -0.05) is 0 Å². The number of aryl methyl sites for hydroxylation is 3. The van der Waals surface area contributed by atoms with E-state index in [-0.39, 0.29) is 5.91 Å². The van der Waals surface area contributed by atoms with Crippen molar-refractivity contribution < 1.29 is 9.21 Å². The maximum atomic E-state index is 12.1. The van der Waals surface area contributed by atoms with Gasteiger partial charge < -0.3 is 9.73 Å². The van der Waals surface area contributed by atoms with Crippen molar-refractivity contribution in [2.45, 2.75) is 34.2 Å². The molecule has 0 saturated carbocycles. The van der Waals surface area contributed by atoms with E-state index in [2.05, 4.69) is 18.3 Å². The zero-order valence-corrected chi connectivity index (χ0v) is 11.9. The first-order valence-corrected chi connectivity index (χ1v) is 6.76. The highest BCUT2D eigenvalue weighted by Crippen LogP contribution is 2.21. The zero-order chi connectivity index (χ0) is 13.3. The van der Waals surface area contributed by atoms with Gasteiger partial charge in [-0.15, -0.1) is 11.3 Å². The number of nitrogens with one attached hydrogen (secondary N) is 1. The molecule has 0 aliphatic rings. The second-order valence-corrected chi connectivity index (χ2v) is 5.42. The third-order valence-corrected chi connectivity index (χ3v) is 4.19. The fourth-order valence-corrected chi connectivity index (χ4v) is 2.81. The fraction of sp³-hybridized carbons (Fsp3) is 0.357. The maximum absolute atomic E-state index is 12.1. The lowest BCUT2D eigenvalue weighted by Crippen LogP contribution is -2.23. The molecule has 0 unspecified atom stereocenters. The van der Waals surface area contributed by atoms with Crippen molar-refractivity contribution in [3.05, 3.63) is 44.5 Å². The minimum Gasteiger partial charge on any atom is -0.466 e. The molecule has 2 aromatic heterocycles. The minimum absolute atomic E-state index is 0.0605. The lowest BCUT2D eigenvalue weighted by Gasteiger charge is -2.04. The van der Waals surface area contributed by atoms with Crippen molar-refractivity contribution in [2.75, 3.05) is 0 Å². The fourth-order valence-electron chi connectivity index (χ4n) is 1.96. The molecule has 2 aromatic rings. The molecule has 0 aliphatic carbocycles. The van der Waals surface area contributed by atoms with Crippen LogP contribution in [-0.4, -0.2) is 5.91 Å². The molecule has 4 heteroatoms. The standard InChI is InChI=1S/C14H17NO2S/c1-8-5-6-18-12(8)7-15-14(16)13-9(2)10(3)17-11(13)4/h5-6H,7H2,1-4H3,(H,15,16). The Morgan fingerprint density at radius 3 is 2.50 bits per heavy atom. The quantitative estimate of drug-likeness (QED) is 0.920. The first-order valence-electron chi connectivity index (χ1n) is 5.88. The van der Waals surface area contributed by atoms with E-state index in [1.807, 2.05) is 26.2 Å². The number of hydrogen-bond acceptors (Lipinski definition) is 3. The molecule has 0 aliphatic heterocycles. The van der Waals surface area contributed by atoms with Crippen molar-refractivity contribution in [1.82, 2.24) is 5.32 Å². The van der Waals surface area contributed by atoms with Gasteiger partial charge in [0.2, 0.25) is 0 Å². The number of thiophene rings is 1. The van der Waals surface area contributed by atoms with Gasteiger partial charge in [0, 0.05) is 10.4 Å². The Labute approximate surface area is 111 Å². The van der Waals surface area contributed by atoms with Crippen LogP contribution in [0, 0.1) is 27.7 Å². The van der Waals surface area contributed by atoms with Gasteiger partial charge in [0.15, 0.2) is 0 Å². The largest absolute Gasteiger partial charge is 0.466 e. The van der Waals surface area contributed by atoms with Crippen LogP contribution in [0.2, 0.25) is 0 Å². The van der Waals surface area contributed by atoms with Crippen molar-refractivity contribution in [3.8, 4) is 0 Å². The van der Waals surface area contributed by atoms with Crippen molar-refractivity contribution in [3.63, 3.8) is 0 Å². The van der Waals surface area contributed by atoms with Crippen LogP contribution >= 0.6 is 11.3 Å². The molecule has 96 valence electrons. The molecule has 0 saturated heterocycles. The first-order chi connectivity index (χ1) is 8.50. The Morgan fingerprint density at radius 2 is 2.00 bits per heavy atom. The summed E-state index contributed by atoms with van der Waals surface area (Å²) in [4.78, 5) is 13.3. The predicted octanol–water partition coefficient (Wildman–Crippen LogP) is 3.50. The summed E-state index contributed by atoms with van der Waals surface area (Å²) in [6.45, 7) is 8.24. The van der Waals surface area contributed by atoms with Crippen molar-refractivity contribution in [1.29, 1.82) is 0 Å². The number of carbonyl (C=O) groups excluding carboxylic acids is 1. The predicted molar refractivity (Wildman–Crippen MR) is 73.1 cm³/mol. The highest BCUT2D eigenvalue weighted by Gasteiger charge is 2.18. The molecular formula is C14H17NO2S. The van der Waals surface area contributed by atoms with Crippen LogP contribution in [0.25, 0.3) is 0 Å². The summed E-state index contributed by atoms with van der Waals surface area (Å²) in [7, 11) is 0. The van der Waals surface area contributed by atoms with E-state index in [1.165, 1.54) is 10.4 Å². The lowest BCUT2D eigenvalue weighted by atomic mass is 10.1. The number of furan rings is 1. The van der Waals surface area contributed by atoms with E-state index in [0.717, 1.165) is 11.3 Å². The molecule has 3 nitrogen and oxygen atoms in total. The van der Waals surface area contributed by atoms with Gasteiger partial charge in [-0.05, 0) is 44.7 Å². The summed E-state index contributed by atoms with van der Waals surface area (Å²) >= 11 is 1.66. The van der Waals surface area contributed by atoms with E-state index in [9.17, 15) is 4.79 Å². The third-order valence-electron chi connectivity index (χ3n) is 3.17. The van der Waals surface area contributed by atoms with E-state index < -0.39 is 0 Å². The molecule has 0 radical (unpaired) electrons. The second-order valence-electron chi connectivity index (χ2n) is 4.42. The van der Waals surface area contributed by atoms with Gasteiger partial charge in [-0.2, -0.15) is 0 Å². The van der Waals surface area contributed by atoms with Crippen LogP contribution in [0.3, 0.4) is 0 Å². The Morgan fingerprint density at radius 1 is 1.28 bits per heavy atom. The SMILES string of the molecule is Cc1ccsc1CNC(=O)c1c(C)oc(C)c1C. The lowest BCUT2D eigenvalue weighted by molar-refractivity contribution is 0.0949. The summed E-state index contributed by atoms with van der Waals surface area (Å²) in [6, 6.07) is 2.06. The molecule has 0 fully saturated rings. The molecule has 0 bridgehead atoms. The van der Waals surface area contributed by atoms with E-state index >= 15 is 0 Å². The molecule has 18 heavy (non-hydrogen) atoms. The van der Waals surface area contributed by atoms with Gasteiger partial charge in [0.05, 0.1) is 12.1 Å². The monoisotopic (exact) mass is 263 g/mol. The van der Waals surface area contributed by atoms with Gasteiger partial charge in [-0.3, -0.25) is 4.79 Å². The molecular weight excluding hydrogens is 246 g/mol. The highest BCUT2D eigenvalue weighted by molar-refractivity contribution is 7.10. The van der Waals surface area contributed by atoms with Crippen molar-refractivity contribution >= 4 is 17.2 Å². The molecule has 2 heterocycles.